The number of carbonyl (C=O) groups is 1. The number of carbonyl (C=O) groups excluding carboxylic acids is 1. The van der Waals surface area contributed by atoms with Crippen molar-refractivity contribution in [1.29, 1.82) is 0 Å². The Kier molecular flexibility index (Phi) is 4.25. The summed E-state index contributed by atoms with van der Waals surface area (Å²) in [6.07, 6.45) is 2.28. The molecule has 8 nitrogen and oxygen atoms in total. The standard InChI is InChI=1S/C11H18N4O4/c1-8(11(2,3)17)13(4)10(16)7-14-6-9(5-12-14)15(18)19/h5-6,8,17H,7H2,1-4H3/t8-/m0/s1. The van der Waals surface area contributed by atoms with E-state index < -0.39 is 10.5 Å². The Hall–Kier alpha value is -1.96. The highest BCUT2D eigenvalue weighted by atomic mass is 16.6. The maximum atomic E-state index is 12.0. The van der Waals surface area contributed by atoms with Gasteiger partial charge in [0.25, 0.3) is 0 Å². The molecule has 0 fully saturated rings. The average Bonchev–Trinajstić information content (AvgIpc) is 2.74. The van der Waals surface area contributed by atoms with Crippen LogP contribution in [0.15, 0.2) is 12.4 Å². The van der Waals surface area contributed by atoms with Crippen LogP contribution in [0.25, 0.3) is 0 Å². The van der Waals surface area contributed by atoms with Crippen molar-refractivity contribution in [1.82, 2.24) is 14.7 Å². The van der Waals surface area contributed by atoms with Crippen molar-refractivity contribution >= 4 is 11.6 Å². The van der Waals surface area contributed by atoms with Crippen molar-refractivity contribution in [2.75, 3.05) is 7.05 Å². The van der Waals surface area contributed by atoms with Crippen LogP contribution in [-0.4, -0.2) is 49.3 Å². The summed E-state index contributed by atoms with van der Waals surface area (Å²) in [5.74, 6) is -0.285. The van der Waals surface area contributed by atoms with E-state index in [9.17, 15) is 20.0 Å². The molecular weight excluding hydrogens is 252 g/mol. The Labute approximate surface area is 110 Å². The van der Waals surface area contributed by atoms with Gasteiger partial charge in [0.1, 0.15) is 18.9 Å². The van der Waals surface area contributed by atoms with Crippen molar-refractivity contribution in [3.8, 4) is 0 Å². The number of nitrogens with zero attached hydrogens (tertiary/aromatic N) is 4. The zero-order chi connectivity index (χ0) is 14.8. The molecule has 1 aromatic heterocycles. The van der Waals surface area contributed by atoms with E-state index in [-0.39, 0.29) is 24.2 Å². The van der Waals surface area contributed by atoms with Gasteiger partial charge in [0.15, 0.2) is 0 Å². The van der Waals surface area contributed by atoms with Crippen LogP contribution in [0.5, 0.6) is 0 Å². The number of hydrogen-bond acceptors (Lipinski definition) is 5. The fraction of sp³-hybridized carbons (Fsp3) is 0.636. The quantitative estimate of drug-likeness (QED) is 0.616. The van der Waals surface area contributed by atoms with E-state index in [4.69, 9.17) is 0 Å². The highest BCUT2D eigenvalue weighted by Crippen LogP contribution is 2.14. The molecule has 8 heteroatoms. The molecule has 1 amide bonds. The highest BCUT2D eigenvalue weighted by Gasteiger charge is 2.29. The van der Waals surface area contributed by atoms with E-state index in [2.05, 4.69) is 5.10 Å². The number of aliphatic hydroxyl groups is 1. The van der Waals surface area contributed by atoms with Crippen LogP contribution in [0.3, 0.4) is 0 Å². The van der Waals surface area contributed by atoms with Gasteiger partial charge in [-0.25, -0.2) is 0 Å². The minimum absolute atomic E-state index is 0.106. The molecule has 0 aliphatic carbocycles. The van der Waals surface area contributed by atoms with Crippen LogP contribution in [0.4, 0.5) is 5.69 Å². The van der Waals surface area contributed by atoms with E-state index in [1.54, 1.807) is 27.8 Å². The molecule has 19 heavy (non-hydrogen) atoms. The first-order chi connectivity index (χ1) is 8.62. The Morgan fingerprint density at radius 2 is 2.26 bits per heavy atom. The second-order valence-corrected chi connectivity index (χ2v) is 4.99. The van der Waals surface area contributed by atoms with Crippen molar-refractivity contribution < 1.29 is 14.8 Å². The Bertz CT molecular complexity index is 477. The molecule has 1 heterocycles. The number of amides is 1. The maximum absolute atomic E-state index is 12.0. The van der Waals surface area contributed by atoms with Gasteiger partial charge in [-0.2, -0.15) is 5.10 Å². The summed E-state index contributed by atoms with van der Waals surface area (Å²) in [6.45, 7) is 4.84. The predicted octanol–water partition coefficient (Wildman–Crippen LogP) is 0.409. The van der Waals surface area contributed by atoms with Gasteiger partial charge in [-0.3, -0.25) is 19.6 Å². The summed E-state index contributed by atoms with van der Waals surface area (Å²) in [5.41, 5.74) is -1.19. The molecule has 1 rings (SSSR count). The molecule has 0 bridgehead atoms. The summed E-state index contributed by atoms with van der Waals surface area (Å²) in [4.78, 5) is 23.3. The maximum Gasteiger partial charge on any atom is 0.307 e. The summed E-state index contributed by atoms with van der Waals surface area (Å²) in [6, 6.07) is -0.384. The third kappa shape index (κ3) is 3.75. The minimum atomic E-state index is -1.03. The lowest BCUT2D eigenvalue weighted by Crippen LogP contribution is -2.49. The Morgan fingerprint density at radius 3 is 2.68 bits per heavy atom. The Balaban J connectivity index is 2.71. The van der Waals surface area contributed by atoms with Gasteiger partial charge in [0.2, 0.25) is 5.91 Å². The van der Waals surface area contributed by atoms with Crippen LogP contribution in [0.2, 0.25) is 0 Å². The molecule has 0 spiro atoms. The van der Waals surface area contributed by atoms with Crippen molar-refractivity contribution in [2.24, 2.45) is 0 Å². The van der Waals surface area contributed by atoms with E-state index in [1.807, 2.05) is 0 Å². The first kappa shape index (κ1) is 15.1. The van der Waals surface area contributed by atoms with Gasteiger partial charge >= 0.3 is 5.69 Å². The molecule has 0 aromatic carbocycles. The second kappa shape index (κ2) is 5.35. The van der Waals surface area contributed by atoms with E-state index in [0.717, 1.165) is 6.20 Å². The Morgan fingerprint density at radius 1 is 1.68 bits per heavy atom. The van der Waals surface area contributed by atoms with Crippen LogP contribution < -0.4 is 0 Å². The van der Waals surface area contributed by atoms with E-state index in [1.165, 1.54) is 15.8 Å². The molecule has 0 aliphatic rings. The number of nitro groups is 1. The number of aromatic nitrogens is 2. The van der Waals surface area contributed by atoms with Gasteiger partial charge < -0.3 is 10.0 Å². The summed E-state index contributed by atoms with van der Waals surface area (Å²) >= 11 is 0. The fourth-order valence-electron chi connectivity index (χ4n) is 1.47. The molecule has 0 radical (unpaired) electrons. The second-order valence-electron chi connectivity index (χ2n) is 4.99. The van der Waals surface area contributed by atoms with Crippen molar-refractivity contribution in [3.63, 3.8) is 0 Å². The lowest BCUT2D eigenvalue weighted by Gasteiger charge is -2.34. The zero-order valence-electron chi connectivity index (χ0n) is 11.4. The molecule has 1 N–H and O–H groups in total. The highest BCUT2D eigenvalue weighted by molar-refractivity contribution is 5.76. The SMILES string of the molecule is C[C@H](N(C)C(=O)Cn1cc([N+](=O)[O-])cn1)C(C)(C)O. The van der Waals surface area contributed by atoms with Crippen LogP contribution in [0.1, 0.15) is 20.8 Å². The van der Waals surface area contributed by atoms with E-state index in [0.29, 0.717) is 0 Å². The first-order valence-corrected chi connectivity index (χ1v) is 5.78. The molecule has 0 saturated heterocycles. The van der Waals surface area contributed by atoms with Gasteiger partial charge in [-0.05, 0) is 20.8 Å². The molecular formula is C11H18N4O4. The topological polar surface area (TPSA) is 102 Å². The molecule has 1 aromatic rings. The summed E-state index contributed by atoms with van der Waals surface area (Å²) < 4.78 is 1.20. The smallest absolute Gasteiger partial charge is 0.307 e. The monoisotopic (exact) mass is 270 g/mol. The van der Waals surface area contributed by atoms with Crippen LogP contribution in [0, 0.1) is 10.1 Å². The summed E-state index contributed by atoms with van der Waals surface area (Å²) in [5, 5.41) is 24.1. The summed E-state index contributed by atoms with van der Waals surface area (Å²) in [7, 11) is 1.57. The van der Waals surface area contributed by atoms with Crippen molar-refractivity contribution in [3.05, 3.63) is 22.5 Å². The predicted molar refractivity (Wildman–Crippen MR) is 67.4 cm³/mol. The molecule has 0 saturated carbocycles. The number of rotatable bonds is 5. The van der Waals surface area contributed by atoms with Gasteiger partial charge in [0.05, 0.1) is 16.6 Å². The molecule has 1 atom stereocenters. The molecule has 0 aliphatic heterocycles. The van der Waals surface area contributed by atoms with Gasteiger partial charge in [-0.15, -0.1) is 0 Å². The number of hydrogen-bond donors (Lipinski definition) is 1. The van der Waals surface area contributed by atoms with E-state index >= 15 is 0 Å². The molecule has 106 valence electrons. The third-order valence-corrected chi connectivity index (χ3v) is 3.12. The molecule has 0 unspecified atom stereocenters. The minimum Gasteiger partial charge on any atom is -0.388 e. The lowest BCUT2D eigenvalue weighted by molar-refractivity contribution is -0.385. The zero-order valence-corrected chi connectivity index (χ0v) is 11.4. The lowest BCUT2D eigenvalue weighted by atomic mass is 9.99. The van der Waals surface area contributed by atoms with Crippen LogP contribution in [-0.2, 0) is 11.3 Å². The fourth-order valence-corrected chi connectivity index (χ4v) is 1.47. The third-order valence-electron chi connectivity index (χ3n) is 3.12. The largest absolute Gasteiger partial charge is 0.388 e. The van der Waals surface area contributed by atoms with Crippen molar-refractivity contribution in [2.45, 2.75) is 39.0 Å². The van der Waals surface area contributed by atoms with Crippen LogP contribution >= 0.6 is 0 Å². The van der Waals surface area contributed by atoms with Gasteiger partial charge in [0, 0.05) is 7.05 Å². The van der Waals surface area contributed by atoms with Gasteiger partial charge in [-0.1, -0.05) is 0 Å². The number of likely N-dealkylation sites (N-methyl/N-ethyl adjacent to an activating group) is 1. The average molecular weight is 270 g/mol. The normalized spacial score (nSPS) is 13.1. The first-order valence-electron chi connectivity index (χ1n) is 5.78.